The smallest absolute Gasteiger partial charge is 0.310 e. The molecule has 1 saturated heterocycles. The average molecular weight is 859 g/mol. The van der Waals surface area contributed by atoms with Gasteiger partial charge in [-0.1, -0.05) is 74.5 Å². The Balaban J connectivity index is 1.04. The first-order valence-corrected chi connectivity index (χ1v) is 25.3. The highest BCUT2D eigenvalue weighted by Gasteiger charge is 2.77. The van der Waals surface area contributed by atoms with Gasteiger partial charge >= 0.3 is 11.9 Å². The Labute approximate surface area is 375 Å². The molecular weight excluding hydrogens is 773 g/mol. The number of hydrogen-bond donors (Lipinski definition) is 2. The lowest BCUT2D eigenvalue weighted by molar-refractivity contribution is -0.269. The van der Waals surface area contributed by atoms with Crippen LogP contribution in [0.25, 0.3) is 0 Å². The van der Waals surface area contributed by atoms with Crippen molar-refractivity contribution >= 4 is 23.8 Å². The Kier molecular flexibility index (Phi) is 10.8. The van der Waals surface area contributed by atoms with Crippen LogP contribution >= 0.6 is 0 Å². The highest BCUT2D eigenvalue weighted by Crippen LogP contribution is 2.80. The largest absolute Gasteiger partial charge is 0.481 e. The van der Waals surface area contributed by atoms with Crippen LogP contribution in [0.4, 0.5) is 0 Å². The van der Waals surface area contributed by atoms with E-state index in [1.807, 2.05) is 34.6 Å². The van der Waals surface area contributed by atoms with E-state index in [1.165, 1.54) is 12.0 Å². The maximum absolute atomic E-state index is 15.1. The summed E-state index contributed by atoms with van der Waals surface area (Å²) in [7, 11) is 0. The number of carboxylic acids is 1. The molecule has 7 aliphatic carbocycles. The molecule has 8 aliphatic rings. The molecule has 8 heteroatoms. The Hall–Kier alpha value is -2.38. The van der Waals surface area contributed by atoms with Crippen LogP contribution in [0.2, 0.25) is 0 Å². The Morgan fingerprint density at radius 2 is 1.37 bits per heavy atom. The summed E-state index contributed by atoms with van der Waals surface area (Å²) >= 11 is 0. The number of rotatable bonds is 7. The number of nitrogens with one attached hydrogen (secondary N) is 1. The van der Waals surface area contributed by atoms with Gasteiger partial charge in [-0.25, -0.2) is 0 Å². The van der Waals surface area contributed by atoms with Gasteiger partial charge in [-0.3, -0.25) is 19.2 Å². The third kappa shape index (κ3) is 6.13. The number of aliphatic carboxylic acids is 1. The summed E-state index contributed by atoms with van der Waals surface area (Å²) < 4.78 is 5.87. The number of esters is 1. The standard InChI is InChI=1S/C54H86N2O6/c1-32(2)33-20-25-53(44(59)55-40-30-35(47(40,6)7)42(57)56-28-16-15-17-29-56)27-26-51(13)34(41(33)53)18-19-39-50(12)23-21-38(48(8,9)37(50)22-24-52(39,51)14)54(45(60)61)31-36(49(54,10)11)43(58)62-46(3,4)5/h33-41H,1,15-31H2,2-14H3,(H,55,59)(H,60,61)/t33-,34+,35-,36+,37+,38-,39+,40-,41+,50+,51+,52+,53-,54-/m0/s1. The van der Waals surface area contributed by atoms with Crippen molar-refractivity contribution in [2.45, 2.75) is 198 Å². The minimum atomic E-state index is -0.991. The Morgan fingerprint density at radius 1 is 0.726 bits per heavy atom. The van der Waals surface area contributed by atoms with Gasteiger partial charge in [0.15, 0.2) is 0 Å². The van der Waals surface area contributed by atoms with E-state index < -0.39 is 33.7 Å². The summed E-state index contributed by atoms with van der Waals surface area (Å²) in [4.78, 5) is 58.2. The van der Waals surface area contributed by atoms with Gasteiger partial charge in [0.2, 0.25) is 11.8 Å². The van der Waals surface area contributed by atoms with E-state index in [9.17, 15) is 19.5 Å². The van der Waals surface area contributed by atoms with Gasteiger partial charge in [-0.05, 0) is 192 Å². The highest BCUT2D eigenvalue weighted by molar-refractivity contribution is 5.86. The van der Waals surface area contributed by atoms with Gasteiger partial charge in [-0.2, -0.15) is 0 Å². The topological polar surface area (TPSA) is 113 Å². The van der Waals surface area contributed by atoms with Crippen LogP contribution < -0.4 is 5.32 Å². The predicted octanol–water partition coefficient (Wildman–Crippen LogP) is 11.3. The van der Waals surface area contributed by atoms with Crippen LogP contribution in [0, 0.1) is 90.7 Å². The number of amides is 2. The second-order valence-electron chi connectivity index (χ2n) is 26.6. The molecule has 8 nitrogen and oxygen atoms in total. The van der Waals surface area contributed by atoms with Crippen molar-refractivity contribution in [3.05, 3.63) is 12.2 Å². The summed E-state index contributed by atoms with van der Waals surface area (Å²) in [6.07, 6.45) is 14.7. The van der Waals surface area contributed by atoms with E-state index in [-0.39, 0.29) is 62.7 Å². The van der Waals surface area contributed by atoms with E-state index >= 15 is 4.79 Å². The molecule has 0 bridgehead atoms. The summed E-state index contributed by atoms with van der Waals surface area (Å²) in [5, 5.41) is 14.9. The highest BCUT2D eigenvalue weighted by atomic mass is 16.6. The lowest BCUT2D eigenvalue weighted by Gasteiger charge is -2.74. The molecule has 0 radical (unpaired) electrons. The number of allylic oxidation sites excluding steroid dienone is 1. The maximum Gasteiger partial charge on any atom is 0.310 e. The summed E-state index contributed by atoms with van der Waals surface area (Å²) in [5.41, 5.74) is -1.79. The van der Waals surface area contributed by atoms with E-state index in [0.717, 1.165) is 96.6 Å². The lowest BCUT2D eigenvalue weighted by atomic mass is 9.29. The molecule has 0 aromatic carbocycles. The van der Waals surface area contributed by atoms with Crippen LogP contribution in [0.1, 0.15) is 186 Å². The molecule has 7 saturated carbocycles. The molecule has 1 aliphatic heterocycles. The van der Waals surface area contributed by atoms with Crippen LogP contribution in [0.3, 0.4) is 0 Å². The molecule has 0 aromatic heterocycles. The minimum absolute atomic E-state index is 0.0110. The van der Waals surface area contributed by atoms with Gasteiger partial charge < -0.3 is 20.1 Å². The van der Waals surface area contributed by atoms with Gasteiger partial charge in [0.25, 0.3) is 0 Å². The molecule has 0 aromatic rings. The molecule has 348 valence electrons. The number of nitrogens with zero attached hydrogens (tertiary/aromatic N) is 1. The molecule has 14 atom stereocenters. The number of fused-ring (bicyclic) bond motifs is 7. The third-order valence-corrected chi connectivity index (χ3v) is 22.3. The monoisotopic (exact) mass is 859 g/mol. The minimum Gasteiger partial charge on any atom is -0.481 e. The maximum atomic E-state index is 15.1. The molecule has 0 spiro atoms. The van der Waals surface area contributed by atoms with Crippen molar-refractivity contribution in [3.8, 4) is 0 Å². The summed E-state index contributed by atoms with van der Waals surface area (Å²) in [6.45, 7) is 35.3. The van der Waals surface area contributed by atoms with Gasteiger partial charge in [0, 0.05) is 25.0 Å². The predicted molar refractivity (Wildman–Crippen MR) is 245 cm³/mol. The van der Waals surface area contributed by atoms with E-state index in [4.69, 9.17) is 4.74 Å². The van der Waals surface area contributed by atoms with Crippen molar-refractivity contribution in [2.24, 2.45) is 90.7 Å². The first-order valence-electron chi connectivity index (χ1n) is 25.3. The second kappa shape index (κ2) is 14.6. The molecule has 2 N–H and O–H groups in total. The van der Waals surface area contributed by atoms with Crippen LogP contribution in [-0.4, -0.2) is 58.5 Å². The van der Waals surface area contributed by atoms with Gasteiger partial charge in [-0.15, -0.1) is 0 Å². The first kappa shape index (κ1) is 46.2. The summed E-state index contributed by atoms with van der Waals surface area (Å²) in [6, 6.07) is 0.0110. The van der Waals surface area contributed by atoms with Crippen molar-refractivity contribution in [2.75, 3.05) is 13.1 Å². The lowest BCUT2D eigenvalue weighted by Crippen LogP contribution is -2.71. The molecule has 8 fully saturated rings. The van der Waals surface area contributed by atoms with Crippen molar-refractivity contribution in [1.29, 1.82) is 0 Å². The van der Waals surface area contributed by atoms with Crippen LogP contribution in [0.5, 0.6) is 0 Å². The fourth-order valence-corrected chi connectivity index (χ4v) is 18.5. The molecule has 0 unspecified atom stereocenters. The summed E-state index contributed by atoms with van der Waals surface area (Å²) in [5.74, 6) is 0.924. The third-order valence-electron chi connectivity index (χ3n) is 22.3. The zero-order valence-electron chi connectivity index (χ0n) is 41.4. The fraction of sp³-hybridized carbons (Fsp3) is 0.889. The average Bonchev–Trinajstić information content (AvgIpc) is 3.57. The number of carbonyl (C=O) groups excluding carboxylic acids is 3. The molecule has 2 amide bonds. The van der Waals surface area contributed by atoms with Crippen molar-refractivity contribution in [3.63, 3.8) is 0 Å². The fourth-order valence-electron chi connectivity index (χ4n) is 18.5. The number of ether oxygens (including phenoxy) is 1. The van der Waals surface area contributed by atoms with E-state index in [0.29, 0.717) is 36.0 Å². The van der Waals surface area contributed by atoms with E-state index in [2.05, 4.69) is 72.2 Å². The molecular formula is C54H86N2O6. The van der Waals surface area contributed by atoms with Gasteiger partial charge in [0.1, 0.15) is 5.60 Å². The van der Waals surface area contributed by atoms with E-state index in [1.54, 1.807) is 0 Å². The zero-order chi connectivity index (χ0) is 45.6. The van der Waals surface area contributed by atoms with Crippen molar-refractivity contribution in [1.82, 2.24) is 10.2 Å². The van der Waals surface area contributed by atoms with Crippen LogP contribution in [-0.2, 0) is 23.9 Å². The number of likely N-dealkylation sites (tertiary alicyclic amines) is 1. The Morgan fingerprint density at radius 3 is 1.95 bits per heavy atom. The number of carboxylic acid groups (broad SMARTS) is 1. The molecule has 62 heavy (non-hydrogen) atoms. The molecule has 8 rings (SSSR count). The normalized spacial score (nSPS) is 46.3. The number of piperidine rings is 1. The molecule has 1 heterocycles. The number of carbonyl (C=O) groups is 4. The second-order valence-corrected chi connectivity index (χ2v) is 26.6. The Bertz CT molecular complexity index is 1870. The van der Waals surface area contributed by atoms with Crippen LogP contribution in [0.15, 0.2) is 12.2 Å². The van der Waals surface area contributed by atoms with Crippen molar-refractivity contribution < 1.29 is 29.0 Å². The zero-order valence-corrected chi connectivity index (χ0v) is 41.4. The SMILES string of the molecule is C=C(C)[C@@H]1CC[C@]2(C(=O)N[C@H]3C[C@@H](C(=O)N4CCCCC4)C3(C)C)CC[C@]3(C)[C@H](CC[C@@H]4[C@]5(C)CC[C@H]([C@]6(C(=O)O)C[C@H](C(=O)OC(C)(C)C)C6(C)C)C(C)(C)[C@H]5CC[C@]43C)[C@@H]12. The van der Waals surface area contributed by atoms with Gasteiger partial charge in [0.05, 0.1) is 16.7 Å². The number of hydrogen-bond acceptors (Lipinski definition) is 5. The first-order chi connectivity index (χ1) is 28.6. The quantitative estimate of drug-likeness (QED) is 0.195.